The number of aliphatic hydroxyl groups is 1. The van der Waals surface area contributed by atoms with Crippen molar-refractivity contribution < 1.29 is 14.6 Å². The Morgan fingerprint density at radius 2 is 2.47 bits per heavy atom. The molecule has 0 saturated carbocycles. The molecule has 3 rings (SSSR count). The first-order valence-electron chi connectivity index (χ1n) is 6.04. The van der Waals surface area contributed by atoms with Crippen molar-refractivity contribution in [3.05, 3.63) is 12.2 Å². The molecule has 0 bridgehead atoms. The topological polar surface area (TPSA) is 69.4 Å². The summed E-state index contributed by atoms with van der Waals surface area (Å²) < 4.78 is 13.2. The molecule has 2 fully saturated rings. The summed E-state index contributed by atoms with van der Waals surface area (Å²) in [5, 5.41) is 13.4. The molecule has 2 unspecified atom stereocenters. The zero-order chi connectivity index (χ0) is 11.7. The SMILES string of the molecule is OCc1ncnn1C1CCOC2(CCOC2)C1. The molecule has 1 aromatic rings. The fourth-order valence-electron chi connectivity index (χ4n) is 2.77. The smallest absolute Gasteiger partial charge is 0.152 e. The van der Waals surface area contributed by atoms with Crippen LogP contribution in [0.4, 0.5) is 0 Å². The summed E-state index contributed by atoms with van der Waals surface area (Å²) in [5.74, 6) is 0.631. The van der Waals surface area contributed by atoms with Gasteiger partial charge < -0.3 is 14.6 Å². The lowest BCUT2D eigenvalue weighted by Crippen LogP contribution is -2.41. The number of aliphatic hydroxyl groups excluding tert-OH is 1. The van der Waals surface area contributed by atoms with Gasteiger partial charge in [0, 0.05) is 26.1 Å². The van der Waals surface area contributed by atoms with Crippen LogP contribution in [0.15, 0.2) is 6.33 Å². The van der Waals surface area contributed by atoms with Crippen molar-refractivity contribution in [3.8, 4) is 0 Å². The van der Waals surface area contributed by atoms with E-state index >= 15 is 0 Å². The highest BCUT2D eigenvalue weighted by molar-refractivity contribution is 4.95. The predicted molar refractivity (Wildman–Crippen MR) is 58.3 cm³/mol. The van der Waals surface area contributed by atoms with Crippen LogP contribution in [0, 0.1) is 0 Å². The Hall–Kier alpha value is -0.980. The van der Waals surface area contributed by atoms with E-state index in [1.165, 1.54) is 6.33 Å². The molecule has 0 radical (unpaired) electrons. The van der Waals surface area contributed by atoms with Crippen LogP contribution in [-0.4, -0.2) is 45.3 Å². The molecule has 1 aromatic heterocycles. The second-order valence-corrected chi connectivity index (χ2v) is 4.76. The quantitative estimate of drug-likeness (QED) is 0.802. The van der Waals surface area contributed by atoms with Crippen LogP contribution < -0.4 is 0 Å². The molecule has 0 amide bonds. The van der Waals surface area contributed by atoms with Crippen LogP contribution in [-0.2, 0) is 16.1 Å². The third kappa shape index (κ3) is 1.96. The normalized spacial score (nSPS) is 33.4. The molecule has 2 aliphatic heterocycles. The summed E-state index contributed by atoms with van der Waals surface area (Å²) in [6.07, 6.45) is 4.26. The van der Waals surface area contributed by atoms with Crippen molar-refractivity contribution in [2.24, 2.45) is 0 Å². The van der Waals surface area contributed by atoms with Gasteiger partial charge in [-0.15, -0.1) is 0 Å². The third-order valence-corrected chi connectivity index (χ3v) is 3.67. The van der Waals surface area contributed by atoms with Gasteiger partial charge in [0.2, 0.25) is 0 Å². The highest BCUT2D eigenvalue weighted by Crippen LogP contribution is 2.37. The summed E-state index contributed by atoms with van der Waals surface area (Å²) in [5.41, 5.74) is -0.137. The Bertz CT molecular complexity index is 387. The molecule has 0 aromatic carbocycles. The van der Waals surface area contributed by atoms with Gasteiger partial charge in [-0.1, -0.05) is 0 Å². The van der Waals surface area contributed by atoms with Crippen molar-refractivity contribution in [2.75, 3.05) is 19.8 Å². The lowest BCUT2D eigenvalue weighted by Gasteiger charge is -2.37. The fraction of sp³-hybridized carbons (Fsp3) is 0.818. The van der Waals surface area contributed by atoms with Crippen molar-refractivity contribution in [1.82, 2.24) is 14.8 Å². The number of nitrogens with zero attached hydrogens (tertiary/aromatic N) is 3. The third-order valence-electron chi connectivity index (χ3n) is 3.67. The molecule has 6 heteroatoms. The van der Waals surface area contributed by atoms with E-state index in [1.54, 1.807) is 0 Å². The average molecular weight is 239 g/mol. The Morgan fingerprint density at radius 3 is 3.24 bits per heavy atom. The van der Waals surface area contributed by atoms with Gasteiger partial charge in [0.25, 0.3) is 0 Å². The average Bonchev–Trinajstić information content (AvgIpc) is 2.98. The maximum atomic E-state index is 9.22. The van der Waals surface area contributed by atoms with Gasteiger partial charge in [-0.25, -0.2) is 9.67 Å². The molecule has 6 nitrogen and oxygen atoms in total. The molecule has 1 N–H and O–H groups in total. The minimum Gasteiger partial charge on any atom is -0.388 e. The fourth-order valence-corrected chi connectivity index (χ4v) is 2.77. The Kier molecular flexibility index (Phi) is 2.85. The summed E-state index contributed by atoms with van der Waals surface area (Å²) in [6, 6.07) is 0.259. The van der Waals surface area contributed by atoms with Crippen molar-refractivity contribution in [2.45, 2.75) is 37.5 Å². The van der Waals surface area contributed by atoms with Gasteiger partial charge in [0.05, 0.1) is 18.2 Å². The number of hydrogen-bond donors (Lipinski definition) is 1. The van der Waals surface area contributed by atoms with E-state index in [1.807, 2.05) is 4.68 Å². The molecule has 1 spiro atoms. The monoisotopic (exact) mass is 239 g/mol. The van der Waals surface area contributed by atoms with E-state index in [2.05, 4.69) is 10.1 Å². The van der Waals surface area contributed by atoms with E-state index in [-0.39, 0.29) is 18.2 Å². The Balaban J connectivity index is 1.79. The molecule has 2 atom stereocenters. The Labute approximate surface area is 99.6 Å². The maximum absolute atomic E-state index is 9.22. The molecular weight excluding hydrogens is 222 g/mol. The summed E-state index contributed by atoms with van der Waals surface area (Å²) in [7, 11) is 0. The van der Waals surface area contributed by atoms with Crippen molar-refractivity contribution in [1.29, 1.82) is 0 Å². The highest BCUT2D eigenvalue weighted by atomic mass is 16.6. The van der Waals surface area contributed by atoms with Crippen molar-refractivity contribution in [3.63, 3.8) is 0 Å². The van der Waals surface area contributed by atoms with Crippen LogP contribution in [0.2, 0.25) is 0 Å². The van der Waals surface area contributed by atoms with Gasteiger partial charge >= 0.3 is 0 Å². The van der Waals surface area contributed by atoms with Crippen LogP contribution >= 0.6 is 0 Å². The lowest BCUT2D eigenvalue weighted by molar-refractivity contribution is -0.0968. The van der Waals surface area contributed by atoms with E-state index < -0.39 is 0 Å². The number of hydrogen-bond acceptors (Lipinski definition) is 5. The first kappa shape index (κ1) is 11.1. The zero-order valence-corrected chi connectivity index (χ0v) is 9.71. The first-order chi connectivity index (χ1) is 8.33. The summed E-state index contributed by atoms with van der Waals surface area (Å²) in [4.78, 5) is 4.05. The van der Waals surface area contributed by atoms with Gasteiger partial charge in [0.15, 0.2) is 5.82 Å². The first-order valence-corrected chi connectivity index (χ1v) is 6.04. The molecule has 2 saturated heterocycles. The van der Waals surface area contributed by atoms with E-state index in [9.17, 15) is 5.11 Å². The van der Waals surface area contributed by atoms with Crippen LogP contribution in [0.3, 0.4) is 0 Å². The maximum Gasteiger partial charge on any atom is 0.152 e. The van der Waals surface area contributed by atoms with Gasteiger partial charge in [-0.05, 0) is 6.42 Å². The second kappa shape index (κ2) is 4.36. The standard InChI is InChI=1S/C11H17N3O3/c15-6-10-12-8-13-14(10)9-1-3-17-11(5-9)2-4-16-7-11/h8-9,15H,1-7H2. The van der Waals surface area contributed by atoms with E-state index in [4.69, 9.17) is 9.47 Å². The number of ether oxygens (including phenoxy) is 2. The van der Waals surface area contributed by atoms with Gasteiger partial charge in [-0.2, -0.15) is 5.10 Å². The summed E-state index contributed by atoms with van der Waals surface area (Å²) in [6.45, 7) is 2.10. The largest absolute Gasteiger partial charge is 0.388 e. The van der Waals surface area contributed by atoms with Crippen LogP contribution in [0.5, 0.6) is 0 Å². The Morgan fingerprint density at radius 1 is 1.53 bits per heavy atom. The molecular formula is C11H17N3O3. The molecule has 94 valence electrons. The minimum atomic E-state index is -0.137. The molecule has 17 heavy (non-hydrogen) atoms. The number of rotatable bonds is 2. The number of aromatic nitrogens is 3. The summed E-state index contributed by atoms with van der Waals surface area (Å²) >= 11 is 0. The van der Waals surface area contributed by atoms with Crippen LogP contribution in [0.1, 0.15) is 31.1 Å². The van der Waals surface area contributed by atoms with Crippen molar-refractivity contribution >= 4 is 0 Å². The lowest BCUT2D eigenvalue weighted by atomic mass is 9.90. The molecule has 2 aliphatic rings. The second-order valence-electron chi connectivity index (χ2n) is 4.76. The van der Waals surface area contributed by atoms with E-state index in [0.29, 0.717) is 12.4 Å². The van der Waals surface area contributed by atoms with E-state index in [0.717, 1.165) is 32.5 Å². The molecule has 0 aliphatic carbocycles. The minimum absolute atomic E-state index is 0.0686. The molecule has 3 heterocycles. The van der Waals surface area contributed by atoms with Crippen LogP contribution in [0.25, 0.3) is 0 Å². The van der Waals surface area contributed by atoms with Gasteiger partial charge in [-0.3, -0.25) is 0 Å². The van der Waals surface area contributed by atoms with Gasteiger partial charge in [0.1, 0.15) is 12.9 Å². The predicted octanol–water partition coefficient (Wildman–Crippen LogP) is 0.281. The highest BCUT2D eigenvalue weighted by Gasteiger charge is 2.42. The zero-order valence-electron chi connectivity index (χ0n) is 9.71.